The summed E-state index contributed by atoms with van der Waals surface area (Å²) in [6.07, 6.45) is 2.05. The number of nitrogens with one attached hydrogen (secondary N) is 2. The maximum absolute atomic E-state index is 12.6. The number of benzene rings is 2. The zero-order valence-electron chi connectivity index (χ0n) is 18.0. The van der Waals surface area contributed by atoms with Crippen molar-refractivity contribution in [2.45, 2.75) is 25.4 Å². The Balaban J connectivity index is 1.29. The molecule has 164 valence electrons. The summed E-state index contributed by atoms with van der Waals surface area (Å²) in [6, 6.07) is 15.9. The fraction of sp³-hybridized carbons (Fsp3) is 0.417. The van der Waals surface area contributed by atoms with Gasteiger partial charge in [-0.3, -0.25) is 14.5 Å². The lowest BCUT2D eigenvalue weighted by Crippen LogP contribution is -2.36. The Bertz CT molecular complexity index is 905. The van der Waals surface area contributed by atoms with Crippen LogP contribution in [0.3, 0.4) is 0 Å². The average molecular weight is 423 g/mol. The molecule has 2 aliphatic rings. The smallest absolute Gasteiger partial charge is 0.253 e. The van der Waals surface area contributed by atoms with Crippen LogP contribution in [0.2, 0.25) is 0 Å². The highest BCUT2D eigenvalue weighted by Gasteiger charge is 2.25. The Morgan fingerprint density at radius 1 is 1.06 bits per heavy atom. The molecule has 0 aromatic heterocycles. The van der Waals surface area contributed by atoms with Crippen molar-refractivity contribution >= 4 is 23.2 Å². The fourth-order valence-electron chi connectivity index (χ4n) is 3.72. The molecule has 2 aromatic rings. The predicted octanol–water partition coefficient (Wildman–Crippen LogP) is 2.49. The normalized spacial score (nSPS) is 16.3. The Labute approximate surface area is 183 Å². The van der Waals surface area contributed by atoms with Crippen LogP contribution < -0.4 is 15.5 Å². The number of anilines is 2. The Hall–Kier alpha value is -2.90. The molecule has 1 aliphatic heterocycles. The molecule has 0 unspecified atom stereocenters. The minimum Gasteiger partial charge on any atom is -0.378 e. The lowest BCUT2D eigenvalue weighted by molar-refractivity contribution is -0.117. The van der Waals surface area contributed by atoms with E-state index < -0.39 is 0 Å². The van der Waals surface area contributed by atoms with E-state index >= 15 is 0 Å². The quantitative estimate of drug-likeness (QED) is 0.684. The van der Waals surface area contributed by atoms with E-state index in [9.17, 15) is 9.59 Å². The van der Waals surface area contributed by atoms with Crippen LogP contribution in [-0.4, -0.2) is 62.7 Å². The molecule has 1 saturated carbocycles. The zero-order valence-corrected chi connectivity index (χ0v) is 18.0. The summed E-state index contributed by atoms with van der Waals surface area (Å²) in [5, 5.41) is 5.87. The Morgan fingerprint density at radius 3 is 2.48 bits per heavy atom. The van der Waals surface area contributed by atoms with Gasteiger partial charge in [-0.05, 0) is 49.7 Å². The van der Waals surface area contributed by atoms with Crippen LogP contribution in [0.1, 0.15) is 28.8 Å². The van der Waals surface area contributed by atoms with Gasteiger partial charge in [0.25, 0.3) is 5.91 Å². The van der Waals surface area contributed by atoms with Crippen LogP contribution in [0, 0.1) is 0 Å². The van der Waals surface area contributed by atoms with Crippen LogP contribution in [0.25, 0.3) is 0 Å². The van der Waals surface area contributed by atoms with E-state index in [1.54, 1.807) is 12.1 Å². The highest BCUT2D eigenvalue weighted by molar-refractivity contribution is 6.04. The monoisotopic (exact) mass is 422 g/mol. The number of rotatable bonds is 8. The number of morpholine rings is 1. The topological polar surface area (TPSA) is 73.9 Å². The fourth-order valence-corrected chi connectivity index (χ4v) is 3.72. The van der Waals surface area contributed by atoms with Crippen LogP contribution in [0.15, 0.2) is 48.5 Å². The molecule has 2 aromatic carbocycles. The Morgan fingerprint density at radius 2 is 1.77 bits per heavy atom. The number of nitrogens with zero attached hydrogens (tertiary/aromatic N) is 2. The van der Waals surface area contributed by atoms with Crippen LogP contribution in [-0.2, 0) is 16.1 Å². The zero-order chi connectivity index (χ0) is 21.6. The van der Waals surface area contributed by atoms with Gasteiger partial charge < -0.3 is 20.3 Å². The van der Waals surface area contributed by atoms with Gasteiger partial charge >= 0.3 is 0 Å². The molecule has 2 amide bonds. The third kappa shape index (κ3) is 6.06. The predicted molar refractivity (Wildman–Crippen MR) is 121 cm³/mol. The second-order valence-corrected chi connectivity index (χ2v) is 8.28. The molecule has 0 atom stereocenters. The van der Waals surface area contributed by atoms with Crippen molar-refractivity contribution in [2.75, 3.05) is 50.1 Å². The molecule has 1 heterocycles. The van der Waals surface area contributed by atoms with Gasteiger partial charge in [-0.1, -0.05) is 24.3 Å². The van der Waals surface area contributed by atoms with E-state index in [1.165, 1.54) is 5.69 Å². The SMILES string of the molecule is CN(CC(=O)Nc1ccccc1C(=O)NC1CC1)Cc1ccc(N2CCOCC2)cc1. The first-order valence-corrected chi connectivity index (χ1v) is 10.9. The van der Waals surface area contributed by atoms with E-state index in [0.29, 0.717) is 17.8 Å². The van der Waals surface area contributed by atoms with Crippen LogP contribution in [0.5, 0.6) is 0 Å². The van der Waals surface area contributed by atoms with Gasteiger partial charge in [-0.15, -0.1) is 0 Å². The average Bonchev–Trinajstić information content (AvgIpc) is 3.59. The third-order valence-electron chi connectivity index (χ3n) is 5.54. The summed E-state index contributed by atoms with van der Waals surface area (Å²) in [6.45, 7) is 4.28. The number of carbonyl (C=O) groups excluding carboxylic acids is 2. The Kier molecular flexibility index (Phi) is 6.84. The van der Waals surface area contributed by atoms with Crippen LogP contribution >= 0.6 is 0 Å². The molecular formula is C24H30N4O3. The molecule has 2 fully saturated rings. The number of ether oxygens (including phenoxy) is 1. The van der Waals surface area contributed by atoms with Crippen molar-refractivity contribution in [3.8, 4) is 0 Å². The van der Waals surface area contributed by atoms with Gasteiger partial charge in [-0.25, -0.2) is 0 Å². The summed E-state index contributed by atoms with van der Waals surface area (Å²) in [4.78, 5) is 29.3. The summed E-state index contributed by atoms with van der Waals surface area (Å²) in [7, 11) is 1.92. The molecule has 2 N–H and O–H groups in total. The number of carbonyl (C=O) groups is 2. The molecular weight excluding hydrogens is 392 g/mol. The van der Waals surface area contributed by atoms with Gasteiger partial charge in [0.05, 0.1) is 31.0 Å². The summed E-state index contributed by atoms with van der Waals surface area (Å²) in [5.74, 6) is -0.272. The van der Waals surface area contributed by atoms with E-state index in [1.807, 2.05) is 24.1 Å². The molecule has 1 saturated heterocycles. The first-order chi connectivity index (χ1) is 15.1. The molecule has 31 heavy (non-hydrogen) atoms. The molecule has 0 radical (unpaired) electrons. The standard InChI is InChI=1S/C24H30N4O3/c1-27(16-18-6-10-20(11-7-18)28-12-14-31-15-13-28)17-23(29)26-22-5-3-2-4-21(22)24(30)25-19-8-9-19/h2-7,10-11,19H,8-9,12-17H2,1H3,(H,25,30)(H,26,29). The highest BCUT2D eigenvalue weighted by atomic mass is 16.5. The van der Waals surface area contributed by atoms with Crippen molar-refractivity contribution in [3.05, 3.63) is 59.7 Å². The number of hydrogen-bond donors (Lipinski definition) is 2. The van der Waals surface area contributed by atoms with Gasteiger partial charge in [0.1, 0.15) is 0 Å². The molecule has 7 heteroatoms. The summed E-state index contributed by atoms with van der Waals surface area (Å²) in [5.41, 5.74) is 3.41. The first-order valence-electron chi connectivity index (χ1n) is 10.9. The lowest BCUT2D eigenvalue weighted by atomic mass is 10.1. The number of likely N-dealkylation sites (N-methyl/N-ethyl adjacent to an activating group) is 1. The lowest BCUT2D eigenvalue weighted by Gasteiger charge is -2.29. The highest BCUT2D eigenvalue weighted by Crippen LogP contribution is 2.22. The number of amides is 2. The summed E-state index contributed by atoms with van der Waals surface area (Å²) >= 11 is 0. The molecule has 7 nitrogen and oxygen atoms in total. The van der Waals surface area contributed by atoms with Crippen molar-refractivity contribution < 1.29 is 14.3 Å². The maximum atomic E-state index is 12.6. The van der Waals surface area contributed by atoms with Gasteiger partial charge in [-0.2, -0.15) is 0 Å². The van der Waals surface area contributed by atoms with Gasteiger partial charge in [0, 0.05) is 31.4 Å². The largest absolute Gasteiger partial charge is 0.378 e. The molecule has 0 bridgehead atoms. The minimum atomic E-state index is -0.140. The van der Waals surface area contributed by atoms with Crippen molar-refractivity contribution in [3.63, 3.8) is 0 Å². The second-order valence-electron chi connectivity index (χ2n) is 8.28. The molecule has 1 aliphatic carbocycles. The van der Waals surface area contributed by atoms with Crippen molar-refractivity contribution in [1.82, 2.24) is 10.2 Å². The van der Waals surface area contributed by atoms with Gasteiger partial charge in [0.2, 0.25) is 5.91 Å². The van der Waals surface area contributed by atoms with E-state index in [2.05, 4.69) is 39.8 Å². The molecule has 0 spiro atoms. The van der Waals surface area contributed by atoms with Crippen molar-refractivity contribution in [2.24, 2.45) is 0 Å². The third-order valence-corrected chi connectivity index (χ3v) is 5.54. The van der Waals surface area contributed by atoms with E-state index in [0.717, 1.165) is 44.7 Å². The summed E-state index contributed by atoms with van der Waals surface area (Å²) < 4.78 is 5.41. The number of para-hydroxylation sites is 1. The van der Waals surface area contributed by atoms with E-state index in [-0.39, 0.29) is 24.4 Å². The van der Waals surface area contributed by atoms with Crippen molar-refractivity contribution in [1.29, 1.82) is 0 Å². The second kappa shape index (κ2) is 9.94. The first kappa shape index (κ1) is 21.3. The number of hydrogen-bond acceptors (Lipinski definition) is 5. The van der Waals surface area contributed by atoms with Crippen LogP contribution in [0.4, 0.5) is 11.4 Å². The molecule has 4 rings (SSSR count). The minimum absolute atomic E-state index is 0.132. The van der Waals surface area contributed by atoms with E-state index in [4.69, 9.17) is 4.74 Å². The maximum Gasteiger partial charge on any atom is 0.253 e. The van der Waals surface area contributed by atoms with Gasteiger partial charge in [0.15, 0.2) is 0 Å².